The average molecular weight is 457 g/mol. The predicted molar refractivity (Wildman–Crippen MR) is 114 cm³/mol. The van der Waals surface area contributed by atoms with Crippen LogP contribution in [0.2, 0.25) is 0 Å². The number of esters is 1. The van der Waals surface area contributed by atoms with Crippen LogP contribution in [-0.2, 0) is 9.53 Å². The van der Waals surface area contributed by atoms with Gasteiger partial charge in [-0.05, 0) is 45.8 Å². The summed E-state index contributed by atoms with van der Waals surface area (Å²) in [6, 6.07) is 16.3. The van der Waals surface area contributed by atoms with Gasteiger partial charge >= 0.3 is 5.97 Å². The molecule has 1 saturated heterocycles. The third-order valence-electron chi connectivity index (χ3n) is 4.13. The van der Waals surface area contributed by atoms with Gasteiger partial charge in [0.05, 0.1) is 17.7 Å². The maximum Gasteiger partial charge on any atom is 0.354 e. The van der Waals surface area contributed by atoms with Gasteiger partial charge in [-0.2, -0.15) is 5.26 Å². The lowest BCUT2D eigenvalue weighted by atomic mass is 10.1. The molecule has 0 aromatic heterocycles. The van der Waals surface area contributed by atoms with E-state index in [-0.39, 0.29) is 5.57 Å². The SMILES string of the molecule is N#C/C(=C\c1ccccc1)C(=O)Oc1ccc(C(=S)N2CCOCC2)cc1Br. The van der Waals surface area contributed by atoms with Crippen LogP contribution >= 0.6 is 28.1 Å². The number of benzene rings is 2. The summed E-state index contributed by atoms with van der Waals surface area (Å²) in [7, 11) is 0. The third-order valence-corrected chi connectivity index (χ3v) is 5.24. The van der Waals surface area contributed by atoms with Crippen molar-refractivity contribution in [1.82, 2.24) is 4.90 Å². The molecule has 0 atom stereocenters. The smallest absolute Gasteiger partial charge is 0.354 e. The van der Waals surface area contributed by atoms with Crippen LogP contribution in [0.3, 0.4) is 0 Å². The Labute approximate surface area is 177 Å². The average Bonchev–Trinajstić information content (AvgIpc) is 2.74. The summed E-state index contributed by atoms with van der Waals surface area (Å²) in [4.78, 5) is 15.2. The molecule has 1 aliphatic rings. The van der Waals surface area contributed by atoms with Gasteiger partial charge in [0, 0.05) is 18.7 Å². The number of carbonyl (C=O) groups excluding carboxylic acids is 1. The summed E-state index contributed by atoms with van der Waals surface area (Å²) in [5.41, 5.74) is 1.52. The molecule has 2 aromatic carbocycles. The Morgan fingerprint density at radius 3 is 2.57 bits per heavy atom. The van der Waals surface area contributed by atoms with Crippen molar-refractivity contribution < 1.29 is 14.3 Å². The summed E-state index contributed by atoms with van der Waals surface area (Å²) in [5.74, 6) is -0.386. The number of thiocarbonyl (C=S) groups is 1. The molecular weight excluding hydrogens is 440 g/mol. The van der Waals surface area contributed by atoms with Crippen molar-refractivity contribution in [2.45, 2.75) is 0 Å². The summed E-state index contributed by atoms with van der Waals surface area (Å²) >= 11 is 8.98. The van der Waals surface area contributed by atoms with E-state index in [4.69, 9.17) is 21.7 Å². The normalized spacial score (nSPS) is 14.3. The van der Waals surface area contributed by atoms with Crippen molar-refractivity contribution >= 4 is 45.2 Å². The molecule has 0 N–H and O–H groups in total. The van der Waals surface area contributed by atoms with Crippen LogP contribution < -0.4 is 4.74 Å². The van der Waals surface area contributed by atoms with Crippen LogP contribution in [0.25, 0.3) is 6.08 Å². The quantitative estimate of drug-likeness (QED) is 0.228. The molecule has 1 aliphatic heterocycles. The van der Waals surface area contributed by atoms with Crippen LogP contribution in [-0.4, -0.2) is 42.2 Å². The fraction of sp³-hybridized carbons (Fsp3) is 0.190. The number of hydrogen-bond donors (Lipinski definition) is 0. The first kappa shape index (κ1) is 20.2. The fourth-order valence-corrected chi connectivity index (χ4v) is 3.44. The first-order valence-corrected chi connectivity index (χ1v) is 9.84. The van der Waals surface area contributed by atoms with E-state index >= 15 is 0 Å². The largest absolute Gasteiger partial charge is 0.421 e. The molecule has 28 heavy (non-hydrogen) atoms. The van der Waals surface area contributed by atoms with Crippen LogP contribution in [0.1, 0.15) is 11.1 Å². The molecule has 0 radical (unpaired) electrons. The molecule has 5 nitrogen and oxygen atoms in total. The maximum absolute atomic E-state index is 12.4. The van der Waals surface area contributed by atoms with Gasteiger partial charge in [0.1, 0.15) is 22.4 Å². The monoisotopic (exact) mass is 456 g/mol. The first-order chi connectivity index (χ1) is 13.6. The highest BCUT2D eigenvalue weighted by molar-refractivity contribution is 9.10. The number of rotatable bonds is 4. The summed E-state index contributed by atoms with van der Waals surface area (Å²) < 4.78 is 11.3. The van der Waals surface area contributed by atoms with E-state index in [1.165, 1.54) is 6.08 Å². The number of halogens is 1. The Morgan fingerprint density at radius 1 is 1.21 bits per heavy atom. The van der Waals surface area contributed by atoms with Gasteiger partial charge in [-0.15, -0.1) is 0 Å². The van der Waals surface area contributed by atoms with E-state index in [9.17, 15) is 10.1 Å². The lowest BCUT2D eigenvalue weighted by molar-refractivity contribution is -0.129. The zero-order chi connectivity index (χ0) is 19.9. The number of carbonyl (C=O) groups is 1. The highest BCUT2D eigenvalue weighted by atomic mass is 79.9. The van der Waals surface area contributed by atoms with Gasteiger partial charge in [-0.25, -0.2) is 4.79 Å². The van der Waals surface area contributed by atoms with Gasteiger partial charge in [0.25, 0.3) is 0 Å². The minimum atomic E-state index is -0.712. The van der Waals surface area contributed by atoms with Crippen LogP contribution in [0.5, 0.6) is 5.75 Å². The number of ether oxygens (including phenoxy) is 2. The minimum Gasteiger partial charge on any atom is -0.421 e. The predicted octanol–water partition coefficient (Wildman–Crippen LogP) is 3.97. The molecule has 1 fully saturated rings. The molecule has 0 aliphatic carbocycles. The minimum absolute atomic E-state index is 0.0778. The Morgan fingerprint density at radius 2 is 1.93 bits per heavy atom. The molecule has 0 spiro atoms. The molecule has 0 amide bonds. The molecule has 0 unspecified atom stereocenters. The first-order valence-electron chi connectivity index (χ1n) is 8.64. The van der Waals surface area contributed by atoms with Gasteiger partial charge in [-0.3, -0.25) is 0 Å². The van der Waals surface area contributed by atoms with Gasteiger partial charge in [-0.1, -0.05) is 42.5 Å². The van der Waals surface area contributed by atoms with Crippen LogP contribution in [0.4, 0.5) is 0 Å². The van der Waals surface area contributed by atoms with E-state index in [0.29, 0.717) is 23.4 Å². The number of hydrogen-bond acceptors (Lipinski definition) is 5. The summed E-state index contributed by atoms with van der Waals surface area (Å²) in [5, 5.41) is 9.30. The standard InChI is InChI=1S/C21H17BrN2O3S/c22-18-13-16(20(28)24-8-10-26-11-9-24)6-7-19(18)27-21(25)17(14-23)12-15-4-2-1-3-5-15/h1-7,12-13H,8-11H2/b17-12+. The molecule has 1 heterocycles. The Hall–Kier alpha value is -2.53. The summed E-state index contributed by atoms with van der Waals surface area (Å²) in [6.07, 6.45) is 1.50. The molecule has 0 saturated carbocycles. The Kier molecular flexibility index (Phi) is 6.93. The van der Waals surface area contributed by atoms with Crippen molar-refractivity contribution in [1.29, 1.82) is 5.26 Å². The van der Waals surface area contributed by atoms with Crippen LogP contribution in [0, 0.1) is 11.3 Å². The molecule has 7 heteroatoms. The van der Waals surface area contributed by atoms with Crippen molar-refractivity contribution in [3.8, 4) is 11.8 Å². The zero-order valence-corrected chi connectivity index (χ0v) is 17.3. The lowest BCUT2D eigenvalue weighted by Crippen LogP contribution is -2.40. The molecule has 3 rings (SSSR count). The summed E-state index contributed by atoms with van der Waals surface area (Å²) in [6.45, 7) is 2.81. The second kappa shape index (κ2) is 9.60. The highest BCUT2D eigenvalue weighted by Gasteiger charge is 2.18. The van der Waals surface area contributed by atoms with E-state index in [2.05, 4.69) is 20.8 Å². The molecule has 142 valence electrons. The fourth-order valence-electron chi connectivity index (χ4n) is 2.67. The van der Waals surface area contributed by atoms with E-state index in [1.54, 1.807) is 12.1 Å². The van der Waals surface area contributed by atoms with Crippen molar-refractivity contribution in [3.05, 3.63) is 69.7 Å². The Balaban J connectivity index is 1.73. The van der Waals surface area contributed by atoms with Gasteiger partial charge in [0.15, 0.2) is 0 Å². The van der Waals surface area contributed by atoms with Crippen molar-refractivity contribution in [2.24, 2.45) is 0 Å². The second-order valence-electron chi connectivity index (χ2n) is 6.02. The number of nitriles is 1. The second-order valence-corrected chi connectivity index (χ2v) is 7.26. The van der Waals surface area contributed by atoms with E-state index in [0.717, 1.165) is 29.2 Å². The number of nitrogens with zero attached hydrogens (tertiary/aromatic N) is 2. The van der Waals surface area contributed by atoms with E-state index in [1.807, 2.05) is 42.5 Å². The van der Waals surface area contributed by atoms with Gasteiger partial charge in [0.2, 0.25) is 0 Å². The maximum atomic E-state index is 12.4. The van der Waals surface area contributed by atoms with Gasteiger partial charge < -0.3 is 14.4 Å². The lowest BCUT2D eigenvalue weighted by Gasteiger charge is -2.29. The van der Waals surface area contributed by atoms with Crippen LogP contribution in [0.15, 0.2) is 58.6 Å². The molecular formula is C21H17BrN2O3S. The third kappa shape index (κ3) is 5.04. The number of morpholine rings is 1. The Bertz CT molecular complexity index is 948. The molecule has 2 aromatic rings. The van der Waals surface area contributed by atoms with E-state index < -0.39 is 5.97 Å². The van der Waals surface area contributed by atoms with Crippen molar-refractivity contribution in [3.63, 3.8) is 0 Å². The van der Waals surface area contributed by atoms with Crippen molar-refractivity contribution in [2.75, 3.05) is 26.3 Å². The zero-order valence-electron chi connectivity index (χ0n) is 14.9. The molecule has 0 bridgehead atoms. The topological polar surface area (TPSA) is 62.6 Å². The highest BCUT2D eigenvalue weighted by Crippen LogP contribution is 2.28.